The van der Waals surface area contributed by atoms with E-state index in [0.29, 0.717) is 26.2 Å². The molecule has 0 spiro atoms. The second kappa shape index (κ2) is 7.37. The van der Waals surface area contributed by atoms with E-state index in [-0.39, 0.29) is 24.8 Å². The van der Waals surface area contributed by atoms with E-state index in [9.17, 15) is 17.9 Å². The van der Waals surface area contributed by atoms with Crippen LogP contribution in [0, 0.1) is 0 Å². The zero-order valence-corrected chi connectivity index (χ0v) is 11.7. The Kier molecular flexibility index (Phi) is 6.48. The number of nitrogens with zero attached hydrogens (tertiary/aromatic N) is 2. The second-order valence-electron chi connectivity index (χ2n) is 4.54. The van der Waals surface area contributed by atoms with Crippen molar-refractivity contribution in [2.75, 3.05) is 45.2 Å². The van der Waals surface area contributed by atoms with Gasteiger partial charge in [-0.05, 0) is 12.8 Å². The van der Waals surface area contributed by atoms with Crippen molar-refractivity contribution in [2.24, 2.45) is 0 Å². The largest absolute Gasteiger partial charge is 0.395 e. The average Bonchev–Trinajstić information content (AvgIpc) is 2.38. The molecular formula is C11H23FN2O3S. The molecule has 0 bridgehead atoms. The SMILES string of the molecule is CCC(CO)N1CCN(S(=O)(=O)CCCF)CC1. The highest BCUT2D eigenvalue weighted by atomic mass is 32.2. The Morgan fingerprint density at radius 1 is 1.28 bits per heavy atom. The van der Waals surface area contributed by atoms with Crippen LogP contribution in [0.5, 0.6) is 0 Å². The number of piperazine rings is 1. The lowest BCUT2D eigenvalue weighted by atomic mass is 10.2. The van der Waals surface area contributed by atoms with Crippen molar-refractivity contribution < 1.29 is 17.9 Å². The average molecular weight is 282 g/mol. The molecule has 0 aromatic carbocycles. The van der Waals surface area contributed by atoms with Gasteiger partial charge in [-0.1, -0.05) is 6.92 Å². The van der Waals surface area contributed by atoms with Crippen LogP contribution in [0.1, 0.15) is 19.8 Å². The summed E-state index contributed by atoms with van der Waals surface area (Å²) >= 11 is 0. The lowest BCUT2D eigenvalue weighted by Gasteiger charge is -2.37. The molecule has 1 aliphatic rings. The molecule has 0 saturated carbocycles. The van der Waals surface area contributed by atoms with E-state index in [1.165, 1.54) is 4.31 Å². The van der Waals surface area contributed by atoms with Crippen LogP contribution in [0.25, 0.3) is 0 Å². The van der Waals surface area contributed by atoms with Crippen molar-refractivity contribution in [1.82, 2.24) is 9.21 Å². The van der Waals surface area contributed by atoms with Crippen LogP contribution >= 0.6 is 0 Å². The molecule has 1 unspecified atom stereocenters. The molecular weight excluding hydrogens is 259 g/mol. The van der Waals surface area contributed by atoms with Crippen molar-refractivity contribution in [1.29, 1.82) is 0 Å². The molecule has 1 atom stereocenters. The highest BCUT2D eigenvalue weighted by Crippen LogP contribution is 2.12. The van der Waals surface area contributed by atoms with Crippen LogP contribution in [0.4, 0.5) is 4.39 Å². The number of halogens is 1. The Hall–Kier alpha value is -0.240. The first-order valence-corrected chi connectivity index (χ1v) is 8.04. The van der Waals surface area contributed by atoms with Crippen molar-refractivity contribution in [3.63, 3.8) is 0 Å². The van der Waals surface area contributed by atoms with E-state index >= 15 is 0 Å². The minimum Gasteiger partial charge on any atom is -0.395 e. The summed E-state index contributed by atoms with van der Waals surface area (Å²) in [5.74, 6) is -0.110. The van der Waals surface area contributed by atoms with Gasteiger partial charge in [-0.15, -0.1) is 0 Å². The van der Waals surface area contributed by atoms with Crippen LogP contribution in [0.15, 0.2) is 0 Å². The molecule has 18 heavy (non-hydrogen) atoms. The van der Waals surface area contributed by atoms with Crippen LogP contribution in [0.3, 0.4) is 0 Å². The van der Waals surface area contributed by atoms with E-state index in [0.717, 1.165) is 6.42 Å². The molecule has 1 heterocycles. The van der Waals surface area contributed by atoms with Crippen LogP contribution in [-0.2, 0) is 10.0 Å². The third kappa shape index (κ3) is 4.15. The summed E-state index contributed by atoms with van der Waals surface area (Å²) in [4.78, 5) is 2.11. The molecule has 0 aliphatic carbocycles. The third-order valence-electron chi connectivity index (χ3n) is 3.40. The van der Waals surface area contributed by atoms with E-state index in [1.54, 1.807) is 0 Å². The Balaban J connectivity index is 2.48. The van der Waals surface area contributed by atoms with E-state index < -0.39 is 16.7 Å². The fourth-order valence-corrected chi connectivity index (χ4v) is 3.67. The number of hydrogen-bond donors (Lipinski definition) is 1. The summed E-state index contributed by atoms with van der Waals surface area (Å²) < 4.78 is 37.2. The molecule has 108 valence electrons. The number of aliphatic hydroxyl groups is 1. The summed E-state index contributed by atoms with van der Waals surface area (Å²) in [5, 5.41) is 9.20. The molecule has 1 N–H and O–H groups in total. The minimum absolute atomic E-state index is 0.0662. The topological polar surface area (TPSA) is 60.9 Å². The minimum atomic E-state index is -3.30. The molecule has 1 fully saturated rings. The molecule has 0 radical (unpaired) electrons. The first-order valence-electron chi connectivity index (χ1n) is 6.43. The summed E-state index contributed by atoms with van der Waals surface area (Å²) in [6, 6.07) is 0.112. The number of rotatable bonds is 7. The van der Waals surface area contributed by atoms with Gasteiger partial charge in [0.2, 0.25) is 10.0 Å². The molecule has 0 amide bonds. The summed E-state index contributed by atoms with van der Waals surface area (Å²) in [7, 11) is -3.30. The first-order chi connectivity index (χ1) is 8.55. The van der Waals surface area contributed by atoms with Crippen molar-refractivity contribution in [3.05, 3.63) is 0 Å². The lowest BCUT2D eigenvalue weighted by Crippen LogP contribution is -2.53. The summed E-state index contributed by atoms with van der Waals surface area (Å²) in [6.07, 6.45) is 0.919. The lowest BCUT2D eigenvalue weighted by molar-refractivity contribution is 0.0881. The van der Waals surface area contributed by atoms with Crippen LogP contribution in [-0.4, -0.2) is 74.0 Å². The number of hydrogen-bond acceptors (Lipinski definition) is 4. The van der Waals surface area contributed by atoms with Gasteiger partial charge in [-0.25, -0.2) is 8.42 Å². The molecule has 1 aliphatic heterocycles. The summed E-state index contributed by atoms with van der Waals surface area (Å²) in [5.41, 5.74) is 0. The zero-order valence-electron chi connectivity index (χ0n) is 10.9. The Bertz CT molecular complexity index is 325. The summed E-state index contributed by atoms with van der Waals surface area (Å²) in [6.45, 7) is 3.65. The number of alkyl halides is 1. The Labute approximate surface area is 109 Å². The number of sulfonamides is 1. The first kappa shape index (κ1) is 15.8. The van der Waals surface area contributed by atoms with Crippen molar-refractivity contribution in [2.45, 2.75) is 25.8 Å². The second-order valence-corrected chi connectivity index (χ2v) is 6.63. The normalized spacial score (nSPS) is 21.1. The van der Waals surface area contributed by atoms with Gasteiger partial charge in [-0.3, -0.25) is 9.29 Å². The monoisotopic (exact) mass is 282 g/mol. The van der Waals surface area contributed by atoms with Gasteiger partial charge in [0.25, 0.3) is 0 Å². The van der Waals surface area contributed by atoms with Gasteiger partial charge in [0.1, 0.15) is 0 Å². The maximum atomic E-state index is 12.0. The Morgan fingerprint density at radius 2 is 1.89 bits per heavy atom. The third-order valence-corrected chi connectivity index (χ3v) is 5.36. The fourth-order valence-electron chi connectivity index (χ4n) is 2.22. The van der Waals surface area contributed by atoms with Gasteiger partial charge in [0.15, 0.2) is 0 Å². The smallest absolute Gasteiger partial charge is 0.214 e. The van der Waals surface area contributed by atoms with E-state index in [4.69, 9.17) is 0 Å². The molecule has 1 saturated heterocycles. The molecule has 1 rings (SSSR count). The van der Waals surface area contributed by atoms with Crippen molar-refractivity contribution >= 4 is 10.0 Å². The van der Waals surface area contributed by atoms with Gasteiger partial charge in [-0.2, -0.15) is 4.31 Å². The molecule has 0 aromatic rings. The van der Waals surface area contributed by atoms with Crippen molar-refractivity contribution in [3.8, 4) is 0 Å². The maximum absolute atomic E-state index is 12.0. The van der Waals surface area contributed by atoms with Gasteiger partial charge in [0, 0.05) is 32.2 Å². The molecule has 5 nitrogen and oxygen atoms in total. The predicted octanol–water partition coefficient (Wildman–Crippen LogP) is 0.0643. The number of aliphatic hydroxyl groups excluding tert-OH is 1. The van der Waals surface area contributed by atoms with E-state index in [1.807, 2.05) is 6.92 Å². The standard InChI is InChI=1S/C11H23FN2O3S/c1-2-11(10-15)13-5-7-14(8-6-13)18(16,17)9-3-4-12/h11,15H,2-10H2,1H3. The predicted molar refractivity (Wildman–Crippen MR) is 68.7 cm³/mol. The quantitative estimate of drug-likeness (QED) is 0.717. The van der Waals surface area contributed by atoms with Gasteiger partial charge in [0.05, 0.1) is 19.0 Å². The fraction of sp³-hybridized carbons (Fsp3) is 1.00. The zero-order chi connectivity index (χ0) is 13.6. The van der Waals surface area contributed by atoms with E-state index in [2.05, 4.69) is 4.90 Å². The molecule has 0 aromatic heterocycles. The van der Waals surface area contributed by atoms with Crippen LogP contribution in [0.2, 0.25) is 0 Å². The van der Waals surface area contributed by atoms with Crippen LogP contribution < -0.4 is 0 Å². The maximum Gasteiger partial charge on any atom is 0.214 e. The molecule has 7 heteroatoms. The highest BCUT2D eigenvalue weighted by Gasteiger charge is 2.28. The van der Waals surface area contributed by atoms with Gasteiger partial charge < -0.3 is 5.11 Å². The Morgan fingerprint density at radius 3 is 2.33 bits per heavy atom. The highest BCUT2D eigenvalue weighted by molar-refractivity contribution is 7.89. The van der Waals surface area contributed by atoms with Gasteiger partial charge >= 0.3 is 0 Å².